The Hall–Kier alpha value is -2.39. The van der Waals surface area contributed by atoms with Gasteiger partial charge in [-0.3, -0.25) is 4.79 Å². The fraction of sp³-hybridized carbons (Fsp3) is 0.333. The topological polar surface area (TPSA) is 90.1 Å². The first-order chi connectivity index (χ1) is 12.9. The van der Waals surface area contributed by atoms with Gasteiger partial charge in [0, 0.05) is 10.8 Å². The number of ether oxygens (including phenoxy) is 1. The van der Waals surface area contributed by atoms with Gasteiger partial charge in [0.05, 0.1) is 11.4 Å². The van der Waals surface area contributed by atoms with Gasteiger partial charge in [-0.05, 0) is 12.1 Å². The summed E-state index contributed by atoms with van der Waals surface area (Å²) in [4.78, 5) is 16.5. The summed E-state index contributed by atoms with van der Waals surface area (Å²) in [5, 5.41) is 13.5. The SMILES string of the molecule is CC(C)(C)c1csc(NC(=O)CSc2nnc(COc3ccccc3)o2)n1. The van der Waals surface area contributed by atoms with Crippen LogP contribution < -0.4 is 10.1 Å². The summed E-state index contributed by atoms with van der Waals surface area (Å²) >= 11 is 2.59. The van der Waals surface area contributed by atoms with Crippen LogP contribution in [0.3, 0.4) is 0 Å². The fourth-order valence-electron chi connectivity index (χ4n) is 1.97. The number of nitrogens with zero attached hydrogens (tertiary/aromatic N) is 3. The second kappa shape index (κ2) is 8.53. The maximum absolute atomic E-state index is 12.1. The van der Waals surface area contributed by atoms with Crippen LogP contribution >= 0.6 is 23.1 Å². The molecule has 0 bridgehead atoms. The second-order valence-corrected chi connectivity index (χ2v) is 8.47. The van der Waals surface area contributed by atoms with Gasteiger partial charge in [0.25, 0.3) is 11.1 Å². The maximum Gasteiger partial charge on any atom is 0.277 e. The molecule has 9 heteroatoms. The lowest BCUT2D eigenvalue weighted by atomic mass is 9.93. The molecule has 0 radical (unpaired) electrons. The van der Waals surface area contributed by atoms with Gasteiger partial charge in [0.15, 0.2) is 11.7 Å². The number of nitrogens with one attached hydrogen (secondary N) is 1. The van der Waals surface area contributed by atoms with Crippen molar-refractivity contribution in [1.82, 2.24) is 15.2 Å². The Morgan fingerprint density at radius 2 is 2.04 bits per heavy atom. The minimum absolute atomic E-state index is 0.0454. The van der Waals surface area contributed by atoms with Gasteiger partial charge in [0.2, 0.25) is 5.91 Å². The number of thiazole rings is 1. The normalized spacial score (nSPS) is 11.4. The largest absolute Gasteiger partial charge is 0.484 e. The molecule has 1 amide bonds. The first-order valence-electron chi connectivity index (χ1n) is 8.29. The summed E-state index contributed by atoms with van der Waals surface area (Å²) in [5.74, 6) is 1.07. The molecule has 3 rings (SSSR count). The van der Waals surface area contributed by atoms with Gasteiger partial charge in [-0.1, -0.05) is 50.7 Å². The van der Waals surface area contributed by atoms with E-state index >= 15 is 0 Å². The van der Waals surface area contributed by atoms with Gasteiger partial charge >= 0.3 is 0 Å². The van der Waals surface area contributed by atoms with Crippen molar-refractivity contribution in [2.24, 2.45) is 0 Å². The van der Waals surface area contributed by atoms with Gasteiger partial charge in [-0.25, -0.2) is 4.98 Å². The Kier molecular flexibility index (Phi) is 6.12. The monoisotopic (exact) mass is 404 g/mol. The number of carbonyl (C=O) groups excluding carboxylic acids is 1. The number of rotatable bonds is 7. The molecule has 0 unspecified atom stereocenters. The van der Waals surface area contributed by atoms with Crippen molar-refractivity contribution in [3.8, 4) is 5.75 Å². The van der Waals surface area contributed by atoms with Gasteiger partial charge in [-0.15, -0.1) is 21.5 Å². The van der Waals surface area contributed by atoms with Crippen LogP contribution in [0.2, 0.25) is 0 Å². The first-order valence-corrected chi connectivity index (χ1v) is 10.2. The van der Waals surface area contributed by atoms with E-state index in [1.54, 1.807) is 0 Å². The molecule has 0 aliphatic heterocycles. The number of hydrogen-bond acceptors (Lipinski definition) is 8. The van der Waals surface area contributed by atoms with E-state index in [-0.39, 0.29) is 23.7 Å². The second-order valence-electron chi connectivity index (χ2n) is 6.69. The highest BCUT2D eigenvalue weighted by molar-refractivity contribution is 7.99. The smallest absolute Gasteiger partial charge is 0.277 e. The van der Waals surface area contributed by atoms with Crippen LogP contribution in [0, 0.1) is 0 Å². The van der Waals surface area contributed by atoms with Crippen molar-refractivity contribution in [1.29, 1.82) is 0 Å². The molecule has 1 N–H and O–H groups in total. The first kappa shape index (κ1) is 19.4. The molecule has 2 heterocycles. The quantitative estimate of drug-likeness (QED) is 0.592. The molecule has 0 spiro atoms. The Labute approximate surface area is 165 Å². The number of amides is 1. The van der Waals surface area contributed by atoms with Crippen LogP contribution in [0.5, 0.6) is 5.75 Å². The molecule has 0 aliphatic rings. The highest BCUT2D eigenvalue weighted by Gasteiger charge is 2.18. The van der Waals surface area contributed by atoms with Crippen molar-refractivity contribution in [2.45, 2.75) is 38.0 Å². The lowest BCUT2D eigenvalue weighted by molar-refractivity contribution is -0.113. The number of aromatic nitrogens is 3. The van der Waals surface area contributed by atoms with Crippen molar-refractivity contribution in [3.63, 3.8) is 0 Å². The van der Waals surface area contributed by atoms with Crippen LogP contribution in [0.1, 0.15) is 32.4 Å². The summed E-state index contributed by atoms with van der Waals surface area (Å²) in [7, 11) is 0. The molecule has 7 nitrogen and oxygen atoms in total. The van der Waals surface area contributed by atoms with E-state index in [0.29, 0.717) is 16.2 Å². The van der Waals surface area contributed by atoms with E-state index in [0.717, 1.165) is 11.4 Å². The Morgan fingerprint density at radius 1 is 1.26 bits per heavy atom. The van der Waals surface area contributed by atoms with Crippen LogP contribution in [0.15, 0.2) is 45.4 Å². The Bertz CT molecular complexity index is 887. The van der Waals surface area contributed by atoms with E-state index in [4.69, 9.17) is 9.15 Å². The number of benzene rings is 1. The predicted octanol–water partition coefficient (Wildman–Crippen LogP) is 4.13. The third kappa shape index (κ3) is 5.80. The van der Waals surface area contributed by atoms with Gasteiger partial charge in [0.1, 0.15) is 5.75 Å². The maximum atomic E-state index is 12.1. The minimum Gasteiger partial charge on any atom is -0.484 e. The number of thioether (sulfide) groups is 1. The van der Waals surface area contributed by atoms with Crippen molar-refractivity contribution in [2.75, 3.05) is 11.1 Å². The van der Waals surface area contributed by atoms with E-state index in [9.17, 15) is 4.79 Å². The molecule has 0 fully saturated rings. The summed E-state index contributed by atoms with van der Waals surface area (Å²) in [5.41, 5.74) is 0.909. The van der Waals surface area contributed by atoms with Crippen molar-refractivity contribution in [3.05, 3.63) is 47.3 Å². The molecule has 0 saturated carbocycles. The molecule has 27 heavy (non-hydrogen) atoms. The Balaban J connectivity index is 1.45. The van der Waals surface area contributed by atoms with E-state index in [2.05, 4.69) is 41.3 Å². The lowest BCUT2D eigenvalue weighted by Crippen LogP contribution is -2.15. The lowest BCUT2D eigenvalue weighted by Gasteiger charge is -2.14. The Morgan fingerprint density at radius 3 is 2.74 bits per heavy atom. The molecular formula is C18H20N4O3S2. The summed E-state index contributed by atoms with van der Waals surface area (Å²) in [6, 6.07) is 9.38. The molecule has 3 aromatic rings. The zero-order chi connectivity index (χ0) is 19.3. The average molecular weight is 405 g/mol. The van der Waals surface area contributed by atoms with Crippen LogP contribution in [0.4, 0.5) is 5.13 Å². The molecule has 2 aromatic heterocycles. The van der Waals surface area contributed by atoms with E-state index in [1.807, 2.05) is 35.7 Å². The molecule has 1 aromatic carbocycles. The summed E-state index contributed by atoms with van der Waals surface area (Å²) in [6.07, 6.45) is 0. The van der Waals surface area contributed by atoms with Crippen molar-refractivity contribution >= 4 is 34.1 Å². The average Bonchev–Trinajstić information content (AvgIpc) is 3.28. The zero-order valence-electron chi connectivity index (χ0n) is 15.3. The minimum atomic E-state index is -0.171. The highest BCUT2D eigenvalue weighted by Crippen LogP contribution is 2.26. The number of hydrogen-bond donors (Lipinski definition) is 1. The van der Waals surface area contributed by atoms with Crippen LogP contribution in [-0.2, 0) is 16.8 Å². The third-order valence-electron chi connectivity index (χ3n) is 3.40. The van der Waals surface area contributed by atoms with Crippen LogP contribution in [0.25, 0.3) is 0 Å². The molecular weight excluding hydrogens is 384 g/mol. The predicted molar refractivity (Wildman–Crippen MR) is 105 cm³/mol. The van der Waals surface area contributed by atoms with Gasteiger partial charge < -0.3 is 14.5 Å². The molecule has 142 valence electrons. The van der Waals surface area contributed by atoms with Crippen molar-refractivity contribution < 1.29 is 13.9 Å². The fourth-order valence-corrected chi connectivity index (χ4v) is 3.51. The highest BCUT2D eigenvalue weighted by atomic mass is 32.2. The van der Waals surface area contributed by atoms with E-state index in [1.165, 1.54) is 23.1 Å². The van der Waals surface area contributed by atoms with E-state index < -0.39 is 0 Å². The molecule has 0 aliphatic carbocycles. The third-order valence-corrected chi connectivity index (χ3v) is 4.98. The number of carbonyl (C=O) groups is 1. The molecule has 0 saturated heterocycles. The zero-order valence-corrected chi connectivity index (χ0v) is 16.9. The number of para-hydroxylation sites is 1. The van der Waals surface area contributed by atoms with Gasteiger partial charge in [-0.2, -0.15) is 0 Å². The standard InChI is InChI=1S/C18H20N4O3S2/c1-18(2,3)13-10-26-16(19-13)20-14(23)11-27-17-22-21-15(25-17)9-24-12-7-5-4-6-8-12/h4-8,10H,9,11H2,1-3H3,(H,19,20,23). The summed E-state index contributed by atoms with van der Waals surface area (Å²) in [6.45, 7) is 6.42. The summed E-state index contributed by atoms with van der Waals surface area (Å²) < 4.78 is 11.0. The van der Waals surface area contributed by atoms with Crippen LogP contribution in [-0.4, -0.2) is 26.8 Å². The number of anilines is 1. The molecule has 0 atom stereocenters.